The molecular weight excluding hydrogens is 302 g/mol. The van der Waals surface area contributed by atoms with Gasteiger partial charge in [0.2, 0.25) is 0 Å². The number of quaternary nitrogens is 1. The molecule has 0 bridgehead atoms. The number of nitrogens with one attached hydrogen (secondary N) is 1. The van der Waals surface area contributed by atoms with Crippen LogP contribution in [-0.2, 0) is 0 Å². The van der Waals surface area contributed by atoms with Crippen molar-refractivity contribution in [1.29, 1.82) is 0 Å². The lowest BCUT2D eigenvalue weighted by Crippen LogP contribution is -3.11. The molecule has 5 heteroatoms. The number of rotatable bonds is 7. The van der Waals surface area contributed by atoms with Crippen molar-refractivity contribution in [2.75, 3.05) is 25.4 Å². The second-order valence-electron chi connectivity index (χ2n) is 4.82. The van der Waals surface area contributed by atoms with Gasteiger partial charge in [-0.1, -0.05) is 35.5 Å². The molecule has 1 heterocycles. The van der Waals surface area contributed by atoms with Crippen LogP contribution in [0.1, 0.15) is 13.8 Å². The minimum atomic E-state index is 0.734. The summed E-state index contributed by atoms with van der Waals surface area (Å²) >= 11 is 7.66. The molecule has 112 valence electrons. The fourth-order valence-electron chi connectivity index (χ4n) is 2.08. The summed E-state index contributed by atoms with van der Waals surface area (Å²) in [5.74, 6) is 1.08. The van der Waals surface area contributed by atoms with Gasteiger partial charge in [-0.2, -0.15) is 0 Å². The Labute approximate surface area is 135 Å². The Morgan fingerprint density at radius 1 is 1.00 bits per heavy atom. The van der Waals surface area contributed by atoms with Gasteiger partial charge in [0.15, 0.2) is 0 Å². The molecule has 0 fully saturated rings. The van der Waals surface area contributed by atoms with Crippen LogP contribution in [0.2, 0.25) is 5.02 Å². The molecule has 1 N–H and O–H groups in total. The molecular formula is C16H21ClN3S+. The molecule has 0 unspecified atom stereocenters. The number of benzene rings is 1. The third-order valence-corrected chi connectivity index (χ3v) is 4.66. The molecule has 0 aliphatic carbocycles. The third kappa shape index (κ3) is 4.99. The van der Waals surface area contributed by atoms with Gasteiger partial charge in [0.25, 0.3) is 0 Å². The number of hydrogen-bond acceptors (Lipinski definition) is 3. The van der Waals surface area contributed by atoms with Crippen LogP contribution in [0.4, 0.5) is 0 Å². The largest absolute Gasteiger partial charge is 0.335 e. The summed E-state index contributed by atoms with van der Waals surface area (Å²) < 4.78 is 0. The van der Waals surface area contributed by atoms with Crippen LogP contribution in [0.3, 0.4) is 0 Å². The molecule has 1 aromatic heterocycles. The predicted molar refractivity (Wildman–Crippen MR) is 90.1 cm³/mol. The summed E-state index contributed by atoms with van der Waals surface area (Å²) in [7, 11) is 0. The molecule has 2 aromatic rings. The first-order valence-corrected chi connectivity index (χ1v) is 8.65. The van der Waals surface area contributed by atoms with E-state index in [1.54, 1.807) is 16.7 Å². The van der Waals surface area contributed by atoms with Crippen molar-refractivity contribution >= 4 is 23.4 Å². The lowest BCUT2D eigenvalue weighted by molar-refractivity contribution is -0.893. The number of halogens is 1. The zero-order chi connectivity index (χ0) is 15.1. The van der Waals surface area contributed by atoms with Gasteiger partial charge in [-0.3, -0.25) is 0 Å². The van der Waals surface area contributed by atoms with Gasteiger partial charge >= 0.3 is 0 Å². The van der Waals surface area contributed by atoms with Gasteiger partial charge in [-0.25, -0.2) is 0 Å². The second kappa shape index (κ2) is 8.37. The minimum Gasteiger partial charge on any atom is -0.335 e. The summed E-state index contributed by atoms with van der Waals surface area (Å²) in [6, 6.07) is 11.7. The average molecular weight is 323 g/mol. The van der Waals surface area contributed by atoms with Gasteiger partial charge in [0.1, 0.15) is 5.03 Å². The second-order valence-corrected chi connectivity index (χ2v) is 6.37. The van der Waals surface area contributed by atoms with E-state index in [4.69, 9.17) is 11.6 Å². The molecule has 0 spiro atoms. The van der Waals surface area contributed by atoms with Gasteiger partial charge in [0.05, 0.1) is 25.3 Å². The van der Waals surface area contributed by atoms with E-state index in [9.17, 15) is 0 Å². The monoisotopic (exact) mass is 322 g/mol. The highest BCUT2D eigenvalue weighted by molar-refractivity contribution is 7.99. The number of thioether (sulfide) groups is 1. The predicted octanol–water partition coefficient (Wildman–Crippen LogP) is 2.81. The van der Waals surface area contributed by atoms with Crippen molar-refractivity contribution in [2.45, 2.75) is 18.9 Å². The molecule has 0 aliphatic rings. The first-order valence-electron chi connectivity index (χ1n) is 7.29. The number of nitrogens with zero attached hydrogens (tertiary/aromatic N) is 2. The Bertz CT molecular complexity index is 538. The summed E-state index contributed by atoms with van der Waals surface area (Å²) in [6.07, 6.45) is 0. The van der Waals surface area contributed by atoms with Crippen molar-refractivity contribution in [3.8, 4) is 11.3 Å². The Hall–Kier alpha value is -1.10. The molecule has 0 saturated heterocycles. The van der Waals surface area contributed by atoms with Crippen LogP contribution in [0.5, 0.6) is 0 Å². The van der Waals surface area contributed by atoms with Crippen molar-refractivity contribution in [1.82, 2.24) is 10.2 Å². The zero-order valence-corrected chi connectivity index (χ0v) is 14.0. The smallest absolute Gasteiger partial charge is 0.119 e. The van der Waals surface area contributed by atoms with E-state index in [0.717, 1.165) is 33.6 Å². The van der Waals surface area contributed by atoms with E-state index in [1.165, 1.54) is 13.1 Å². The van der Waals surface area contributed by atoms with Gasteiger partial charge in [-0.05, 0) is 38.1 Å². The van der Waals surface area contributed by atoms with E-state index < -0.39 is 0 Å². The Morgan fingerprint density at radius 2 is 1.71 bits per heavy atom. The molecule has 0 aliphatic heterocycles. The van der Waals surface area contributed by atoms with Crippen molar-refractivity contribution < 1.29 is 4.90 Å². The molecule has 21 heavy (non-hydrogen) atoms. The topological polar surface area (TPSA) is 30.2 Å². The fourth-order valence-corrected chi connectivity index (χ4v) is 3.06. The highest BCUT2D eigenvalue weighted by atomic mass is 35.5. The van der Waals surface area contributed by atoms with Crippen molar-refractivity contribution in [3.05, 3.63) is 41.4 Å². The third-order valence-electron chi connectivity index (χ3n) is 3.49. The van der Waals surface area contributed by atoms with Crippen LogP contribution >= 0.6 is 23.4 Å². The Morgan fingerprint density at radius 3 is 2.29 bits per heavy atom. The highest BCUT2D eigenvalue weighted by Gasteiger charge is 2.05. The van der Waals surface area contributed by atoms with Crippen molar-refractivity contribution in [2.24, 2.45) is 0 Å². The lowest BCUT2D eigenvalue weighted by Gasteiger charge is -2.14. The SMILES string of the molecule is CC[NH+](CC)CCSc1ccc(-c2ccc(Cl)cc2)nn1. The number of hydrogen-bond donors (Lipinski definition) is 1. The molecule has 1 aromatic carbocycles. The van der Waals surface area contributed by atoms with Crippen LogP contribution < -0.4 is 4.90 Å². The molecule has 0 amide bonds. The van der Waals surface area contributed by atoms with E-state index in [-0.39, 0.29) is 0 Å². The summed E-state index contributed by atoms with van der Waals surface area (Å²) in [5.41, 5.74) is 1.92. The summed E-state index contributed by atoms with van der Waals surface area (Å²) in [4.78, 5) is 1.62. The standard InChI is InChI=1S/C16H20ClN3S/c1-3-20(4-2)11-12-21-16-10-9-15(18-19-16)13-5-7-14(17)8-6-13/h5-10H,3-4,11-12H2,1-2H3/p+1. The molecule has 2 rings (SSSR count). The molecule has 0 atom stereocenters. The molecule has 3 nitrogen and oxygen atoms in total. The normalized spacial score (nSPS) is 11.0. The zero-order valence-electron chi connectivity index (χ0n) is 12.5. The van der Waals surface area contributed by atoms with E-state index in [2.05, 4.69) is 24.0 Å². The van der Waals surface area contributed by atoms with Gasteiger partial charge in [0, 0.05) is 16.3 Å². The van der Waals surface area contributed by atoms with Gasteiger partial charge in [-0.15, -0.1) is 10.2 Å². The number of aromatic nitrogens is 2. The lowest BCUT2D eigenvalue weighted by atomic mass is 10.1. The van der Waals surface area contributed by atoms with E-state index in [1.807, 2.05) is 36.4 Å². The van der Waals surface area contributed by atoms with Crippen LogP contribution in [0.15, 0.2) is 41.4 Å². The van der Waals surface area contributed by atoms with E-state index in [0.29, 0.717) is 0 Å². The van der Waals surface area contributed by atoms with Crippen LogP contribution in [0.25, 0.3) is 11.3 Å². The highest BCUT2D eigenvalue weighted by Crippen LogP contribution is 2.21. The first-order chi connectivity index (χ1) is 10.2. The van der Waals surface area contributed by atoms with E-state index >= 15 is 0 Å². The van der Waals surface area contributed by atoms with Crippen LogP contribution in [-0.4, -0.2) is 35.6 Å². The Kier molecular flexibility index (Phi) is 6.49. The maximum atomic E-state index is 5.89. The summed E-state index contributed by atoms with van der Waals surface area (Å²) in [5, 5.41) is 10.3. The average Bonchev–Trinajstić information content (AvgIpc) is 2.53. The minimum absolute atomic E-state index is 0.734. The van der Waals surface area contributed by atoms with Crippen LogP contribution in [0, 0.1) is 0 Å². The quantitative estimate of drug-likeness (QED) is 0.795. The molecule has 0 radical (unpaired) electrons. The van der Waals surface area contributed by atoms with Crippen molar-refractivity contribution in [3.63, 3.8) is 0 Å². The maximum absolute atomic E-state index is 5.89. The summed E-state index contributed by atoms with van der Waals surface area (Å²) in [6.45, 7) is 7.98. The first kappa shape index (κ1) is 16.3. The van der Waals surface area contributed by atoms with Gasteiger partial charge < -0.3 is 4.90 Å². The Balaban J connectivity index is 1.91. The maximum Gasteiger partial charge on any atom is 0.119 e. The molecule has 0 saturated carbocycles. The fraction of sp³-hybridized carbons (Fsp3) is 0.375.